The van der Waals surface area contributed by atoms with Crippen LogP contribution in [0.1, 0.15) is 34.8 Å². The number of rotatable bonds is 5. The van der Waals surface area contributed by atoms with Crippen molar-refractivity contribution in [3.63, 3.8) is 0 Å². The molecule has 0 aromatic carbocycles. The van der Waals surface area contributed by atoms with E-state index in [0.29, 0.717) is 19.8 Å². The molecule has 116 valence electrons. The van der Waals surface area contributed by atoms with Crippen LogP contribution in [-0.2, 0) is 33.7 Å². The number of nitrogens with zero attached hydrogens (tertiary/aromatic N) is 1. The normalized spacial score (nSPS) is 20.2. The van der Waals surface area contributed by atoms with Crippen LogP contribution in [0.3, 0.4) is 0 Å². The van der Waals surface area contributed by atoms with Crippen molar-refractivity contribution in [3.8, 4) is 0 Å². The van der Waals surface area contributed by atoms with Gasteiger partial charge in [0.2, 0.25) is 0 Å². The smallest absolute Gasteiger partial charge is 0.313 e. The number of ether oxygens (including phenoxy) is 2. The van der Waals surface area contributed by atoms with Gasteiger partial charge in [-0.2, -0.15) is 0 Å². The summed E-state index contributed by atoms with van der Waals surface area (Å²) in [5.74, 6) is -0.125. The molecule has 0 spiro atoms. The van der Waals surface area contributed by atoms with Crippen LogP contribution in [0.15, 0.2) is 0 Å². The number of hydrogen-bond donors (Lipinski definition) is 1. The van der Waals surface area contributed by atoms with E-state index in [4.69, 9.17) is 9.47 Å². The summed E-state index contributed by atoms with van der Waals surface area (Å²) in [5, 5.41) is 4.54. The second kappa shape index (κ2) is 6.42. The highest BCUT2D eigenvalue weighted by Gasteiger charge is 2.40. The van der Waals surface area contributed by atoms with Gasteiger partial charge in [-0.15, -0.1) is 11.3 Å². The maximum Gasteiger partial charge on any atom is 0.313 e. The molecule has 0 atom stereocenters. The number of aromatic nitrogens is 1. The van der Waals surface area contributed by atoms with Gasteiger partial charge in [0.25, 0.3) is 0 Å². The first-order valence-electron chi connectivity index (χ1n) is 7.58. The predicted molar refractivity (Wildman–Crippen MR) is 80.3 cm³/mol. The van der Waals surface area contributed by atoms with Gasteiger partial charge in [0.1, 0.15) is 5.01 Å². The third-order valence-corrected chi connectivity index (χ3v) is 5.61. The van der Waals surface area contributed by atoms with Gasteiger partial charge in [-0.05, 0) is 32.1 Å². The first-order valence-corrected chi connectivity index (χ1v) is 8.39. The number of methoxy groups -OCH3 is 1. The molecule has 2 heterocycles. The topological polar surface area (TPSA) is 60.5 Å². The zero-order chi connectivity index (χ0) is 14.7. The molecule has 1 fully saturated rings. The Balaban J connectivity index is 1.57. The number of carbonyl (C=O) groups excluding carboxylic acids is 1. The predicted octanol–water partition coefficient (Wildman–Crippen LogP) is 1.69. The Morgan fingerprint density at radius 1 is 1.43 bits per heavy atom. The lowest BCUT2D eigenvalue weighted by Gasteiger charge is -2.34. The summed E-state index contributed by atoms with van der Waals surface area (Å²) in [6.07, 6.45) is 4.99. The van der Waals surface area contributed by atoms with Crippen molar-refractivity contribution in [2.45, 2.75) is 38.6 Å². The van der Waals surface area contributed by atoms with Crippen molar-refractivity contribution in [2.75, 3.05) is 26.9 Å². The van der Waals surface area contributed by atoms with Crippen LogP contribution >= 0.6 is 11.3 Å². The Morgan fingerprint density at radius 2 is 2.24 bits per heavy atom. The lowest BCUT2D eigenvalue weighted by Crippen LogP contribution is -2.45. The number of fused-ring (bicyclic) bond motifs is 1. The first-order chi connectivity index (χ1) is 10.2. The van der Waals surface area contributed by atoms with Gasteiger partial charge in [-0.25, -0.2) is 4.98 Å². The molecule has 6 heteroatoms. The van der Waals surface area contributed by atoms with E-state index in [9.17, 15) is 4.79 Å². The molecule has 0 unspecified atom stereocenters. The summed E-state index contributed by atoms with van der Waals surface area (Å²) in [5.41, 5.74) is 0.845. The van der Waals surface area contributed by atoms with Crippen LogP contribution in [0.5, 0.6) is 0 Å². The van der Waals surface area contributed by atoms with Gasteiger partial charge < -0.3 is 14.8 Å². The lowest BCUT2D eigenvalue weighted by molar-refractivity contribution is -0.158. The zero-order valence-electron chi connectivity index (χ0n) is 12.4. The molecule has 1 aromatic rings. The minimum absolute atomic E-state index is 0.125. The van der Waals surface area contributed by atoms with Crippen molar-refractivity contribution >= 4 is 17.3 Å². The Kier molecular flexibility index (Phi) is 4.57. The summed E-state index contributed by atoms with van der Waals surface area (Å²) in [6.45, 7) is 2.62. The summed E-state index contributed by atoms with van der Waals surface area (Å²) in [7, 11) is 1.46. The second-order valence-corrected chi connectivity index (χ2v) is 6.99. The van der Waals surface area contributed by atoms with Gasteiger partial charge in [-0.3, -0.25) is 4.79 Å². The Bertz CT molecular complexity index is 488. The maximum absolute atomic E-state index is 12.1. The van der Waals surface area contributed by atoms with E-state index in [-0.39, 0.29) is 5.97 Å². The Labute approximate surface area is 129 Å². The van der Waals surface area contributed by atoms with Crippen molar-refractivity contribution in [3.05, 3.63) is 15.6 Å². The summed E-state index contributed by atoms with van der Waals surface area (Å²) in [4.78, 5) is 18.2. The number of carbonyl (C=O) groups is 1. The van der Waals surface area contributed by atoms with Gasteiger partial charge in [0.05, 0.1) is 18.2 Å². The van der Waals surface area contributed by atoms with E-state index in [1.165, 1.54) is 30.5 Å². The molecule has 1 saturated heterocycles. The van der Waals surface area contributed by atoms with Crippen molar-refractivity contribution in [2.24, 2.45) is 5.41 Å². The quantitative estimate of drug-likeness (QED) is 0.839. The van der Waals surface area contributed by atoms with E-state index in [1.807, 2.05) is 11.3 Å². The van der Waals surface area contributed by atoms with Crippen molar-refractivity contribution < 1.29 is 14.3 Å². The second-order valence-electron chi connectivity index (χ2n) is 5.82. The molecule has 21 heavy (non-hydrogen) atoms. The standard InChI is InChI=1S/C15H22N2O3S/c1-19-14(18)15(5-7-20-8-6-15)10-16-9-13-17-11-3-2-4-12(11)21-13/h16H,2-10H2,1H3. The largest absolute Gasteiger partial charge is 0.469 e. The molecule has 0 saturated carbocycles. The van der Waals surface area contributed by atoms with Crippen LogP contribution in [-0.4, -0.2) is 37.8 Å². The fraction of sp³-hybridized carbons (Fsp3) is 0.733. The molecule has 2 aliphatic rings. The number of esters is 1. The van der Waals surface area contributed by atoms with E-state index in [1.54, 1.807) is 0 Å². The molecule has 0 radical (unpaired) electrons. The molecule has 0 bridgehead atoms. The number of nitrogens with one attached hydrogen (secondary N) is 1. The molecule has 1 aliphatic carbocycles. The highest BCUT2D eigenvalue weighted by molar-refractivity contribution is 7.11. The minimum atomic E-state index is -0.438. The van der Waals surface area contributed by atoms with Crippen molar-refractivity contribution in [1.29, 1.82) is 0 Å². The minimum Gasteiger partial charge on any atom is -0.469 e. The van der Waals surface area contributed by atoms with Gasteiger partial charge in [0, 0.05) is 31.2 Å². The molecular weight excluding hydrogens is 288 g/mol. The van der Waals surface area contributed by atoms with E-state index in [2.05, 4.69) is 10.3 Å². The molecular formula is C15H22N2O3S. The average molecular weight is 310 g/mol. The van der Waals surface area contributed by atoms with Gasteiger partial charge in [-0.1, -0.05) is 0 Å². The van der Waals surface area contributed by atoms with Crippen LogP contribution in [0.25, 0.3) is 0 Å². The molecule has 5 nitrogen and oxygen atoms in total. The Hall–Kier alpha value is -0.980. The van der Waals surface area contributed by atoms with Crippen LogP contribution in [0.2, 0.25) is 0 Å². The fourth-order valence-corrected chi connectivity index (χ4v) is 4.29. The highest BCUT2D eigenvalue weighted by atomic mass is 32.1. The van der Waals surface area contributed by atoms with Crippen molar-refractivity contribution in [1.82, 2.24) is 10.3 Å². The number of hydrogen-bond acceptors (Lipinski definition) is 6. The van der Waals surface area contributed by atoms with E-state index >= 15 is 0 Å². The monoisotopic (exact) mass is 310 g/mol. The highest BCUT2D eigenvalue weighted by Crippen LogP contribution is 2.32. The Morgan fingerprint density at radius 3 is 2.95 bits per heavy atom. The first kappa shape index (κ1) is 14.9. The summed E-state index contributed by atoms with van der Waals surface area (Å²) < 4.78 is 10.4. The van der Waals surface area contributed by atoms with Crippen LogP contribution in [0.4, 0.5) is 0 Å². The van der Waals surface area contributed by atoms with Crippen LogP contribution in [0, 0.1) is 5.41 Å². The fourth-order valence-electron chi connectivity index (χ4n) is 3.16. The lowest BCUT2D eigenvalue weighted by atomic mass is 9.80. The van der Waals surface area contributed by atoms with E-state index in [0.717, 1.165) is 30.8 Å². The molecule has 1 aromatic heterocycles. The van der Waals surface area contributed by atoms with E-state index < -0.39 is 5.41 Å². The molecule has 3 rings (SSSR count). The third-order valence-electron chi connectivity index (χ3n) is 4.45. The maximum atomic E-state index is 12.1. The molecule has 1 aliphatic heterocycles. The number of aryl methyl sites for hydroxylation is 2. The zero-order valence-corrected chi connectivity index (χ0v) is 13.3. The molecule has 1 N–H and O–H groups in total. The van der Waals surface area contributed by atoms with Gasteiger partial charge in [0.15, 0.2) is 0 Å². The van der Waals surface area contributed by atoms with Gasteiger partial charge >= 0.3 is 5.97 Å². The third kappa shape index (κ3) is 3.12. The average Bonchev–Trinajstić information content (AvgIpc) is 3.08. The summed E-state index contributed by atoms with van der Waals surface area (Å²) >= 11 is 1.81. The van der Waals surface area contributed by atoms with Crippen LogP contribution < -0.4 is 5.32 Å². The summed E-state index contributed by atoms with van der Waals surface area (Å²) in [6, 6.07) is 0. The molecule has 0 amide bonds. The SMILES string of the molecule is COC(=O)C1(CNCc2nc3c(s2)CCC3)CCOCC1. The number of thiazole rings is 1.